The van der Waals surface area contributed by atoms with Crippen molar-refractivity contribution >= 4 is 18.3 Å². The third-order valence-corrected chi connectivity index (χ3v) is 3.62. The Morgan fingerprint density at radius 3 is 2.69 bits per heavy atom. The zero-order valence-electron chi connectivity index (χ0n) is 13.8. The quantitative estimate of drug-likeness (QED) is 0.686. The monoisotopic (exact) mass is 371 g/mol. The maximum Gasteiger partial charge on any atom is 0.249 e. The molecule has 0 aliphatic carbocycles. The van der Waals surface area contributed by atoms with Crippen molar-refractivity contribution in [1.29, 1.82) is 0 Å². The summed E-state index contributed by atoms with van der Waals surface area (Å²) in [5.41, 5.74) is 13.8. The van der Waals surface area contributed by atoms with E-state index in [0.717, 1.165) is 5.56 Å². The second-order valence-corrected chi connectivity index (χ2v) is 5.34. The molecule has 2 heterocycles. The van der Waals surface area contributed by atoms with Crippen molar-refractivity contribution in [2.45, 2.75) is 13.0 Å². The Hall–Kier alpha value is -3.03. The number of amides is 1. The highest BCUT2D eigenvalue weighted by Crippen LogP contribution is 2.29. The molecule has 134 valence electrons. The fourth-order valence-electron chi connectivity index (χ4n) is 2.44. The molecule has 0 radical (unpaired) electrons. The van der Waals surface area contributed by atoms with Crippen LogP contribution in [0.5, 0.6) is 11.6 Å². The van der Waals surface area contributed by atoms with E-state index in [1.165, 1.54) is 6.33 Å². The summed E-state index contributed by atoms with van der Waals surface area (Å²) in [5, 5.41) is 0. The first kappa shape index (κ1) is 19.3. The summed E-state index contributed by atoms with van der Waals surface area (Å²) < 4.78 is 5.88. The van der Waals surface area contributed by atoms with Gasteiger partial charge in [0.05, 0.1) is 5.69 Å². The van der Waals surface area contributed by atoms with Crippen LogP contribution in [0.3, 0.4) is 0 Å². The van der Waals surface area contributed by atoms with Crippen LogP contribution in [-0.4, -0.2) is 20.9 Å². The lowest BCUT2D eigenvalue weighted by Gasteiger charge is -2.14. The lowest BCUT2D eigenvalue weighted by Crippen LogP contribution is -2.14. The molecule has 26 heavy (non-hydrogen) atoms. The summed E-state index contributed by atoms with van der Waals surface area (Å²) in [7, 11) is 0. The van der Waals surface area contributed by atoms with E-state index in [4.69, 9.17) is 16.2 Å². The number of halogens is 1. The SMILES string of the molecule is Cl.NCc1cc(Oc2cccc(C(N)=O)c2Cc2cccnc2)ncn1. The molecule has 7 nitrogen and oxygen atoms in total. The number of primary amides is 1. The molecule has 2 aromatic heterocycles. The number of ether oxygens (including phenoxy) is 1. The molecule has 8 heteroatoms. The largest absolute Gasteiger partial charge is 0.439 e. The molecule has 1 amide bonds. The van der Waals surface area contributed by atoms with Crippen LogP contribution in [0.4, 0.5) is 0 Å². The van der Waals surface area contributed by atoms with Gasteiger partial charge in [0.15, 0.2) is 0 Å². The zero-order chi connectivity index (χ0) is 17.6. The van der Waals surface area contributed by atoms with Crippen LogP contribution in [0.15, 0.2) is 55.1 Å². The van der Waals surface area contributed by atoms with Crippen molar-refractivity contribution in [2.24, 2.45) is 11.5 Å². The summed E-state index contributed by atoms with van der Waals surface area (Å²) in [4.78, 5) is 24.1. The number of rotatable bonds is 6. The van der Waals surface area contributed by atoms with Crippen LogP contribution >= 0.6 is 12.4 Å². The summed E-state index contributed by atoms with van der Waals surface area (Å²) >= 11 is 0. The number of benzene rings is 1. The molecule has 0 bridgehead atoms. The number of nitrogens with zero attached hydrogens (tertiary/aromatic N) is 3. The minimum atomic E-state index is -0.519. The highest BCUT2D eigenvalue weighted by atomic mass is 35.5. The normalized spacial score (nSPS) is 10.0. The smallest absolute Gasteiger partial charge is 0.249 e. The summed E-state index contributed by atoms with van der Waals surface area (Å²) in [6.45, 7) is 0.281. The fourth-order valence-corrected chi connectivity index (χ4v) is 2.44. The Kier molecular flexibility index (Phi) is 6.60. The fraction of sp³-hybridized carbons (Fsp3) is 0.111. The lowest BCUT2D eigenvalue weighted by atomic mass is 9.99. The molecule has 0 aliphatic heterocycles. The molecule has 4 N–H and O–H groups in total. The van der Waals surface area contributed by atoms with E-state index in [9.17, 15) is 4.79 Å². The first-order valence-electron chi connectivity index (χ1n) is 7.67. The second-order valence-electron chi connectivity index (χ2n) is 5.34. The van der Waals surface area contributed by atoms with Gasteiger partial charge in [-0.3, -0.25) is 9.78 Å². The van der Waals surface area contributed by atoms with Gasteiger partial charge in [-0.15, -0.1) is 12.4 Å². The predicted molar refractivity (Wildman–Crippen MR) is 99.2 cm³/mol. The predicted octanol–water partition coefficient (Wildman–Crippen LogP) is 2.23. The molecule has 3 rings (SSSR count). The maximum absolute atomic E-state index is 11.8. The van der Waals surface area contributed by atoms with Crippen LogP contribution in [0.1, 0.15) is 27.2 Å². The Morgan fingerprint density at radius 2 is 2.00 bits per heavy atom. The number of hydrogen-bond acceptors (Lipinski definition) is 6. The van der Waals surface area contributed by atoms with E-state index in [1.54, 1.807) is 36.7 Å². The van der Waals surface area contributed by atoms with E-state index < -0.39 is 5.91 Å². The van der Waals surface area contributed by atoms with Gasteiger partial charge in [-0.05, 0) is 23.8 Å². The van der Waals surface area contributed by atoms with Crippen LogP contribution in [0, 0.1) is 0 Å². The molecule has 0 aliphatic rings. The van der Waals surface area contributed by atoms with Crippen molar-refractivity contribution in [3.8, 4) is 11.6 Å². The highest BCUT2D eigenvalue weighted by molar-refractivity contribution is 5.95. The summed E-state index contributed by atoms with van der Waals surface area (Å²) in [6, 6.07) is 10.6. The molecule has 0 fully saturated rings. The molecule has 0 unspecified atom stereocenters. The van der Waals surface area contributed by atoms with Gasteiger partial charge in [0.25, 0.3) is 0 Å². The number of carbonyl (C=O) groups excluding carboxylic acids is 1. The third kappa shape index (κ3) is 4.53. The minimum Gasteiger partial charge on any atom is -0.439 e. The number of hydrogen-bond donors (Lipinski definition) is 2. The number of carbonyl (C=O) groups is 1. The summed E-state index contributed by atoms with van der Waals surface area (Å²) in [5.74, 6) is 0.334. The molecule has 0 saturated carbocycles. The molecule has 3 aromatic rings. The summed E-state index contributed by atoms with van der Waals surface area (Å²) in [6.07, 6.45) is 5.27. The molecule has 0 saturated heterocycles. The van der Waals surface area contributed by atoms with Crippen molar-refractivity contribution in [3.05, 3.63) is 77.5 Å². The zero-order valence-corrected chi connectivity index (χ0v) is 14.6. The van der Waals surface area contributed by atoms with Crippen molar-refractivity contribution in [3.63, 3.8) is 0 Å². The highest BCUT2D eigenvalue weighted by Gasteiger charge is 2.15. The van der Waals surface area contributed by atoms with Crippen molar-refractivity contribution in [2.75, 3.05) is 0 Å². The Morgan fingerprint density at radius 1 is 1.15 bits per heavy atom. The van der Waals surface area contributed by atoms with Gasteiger partial charge < -0.3 is 16.2 Å². The van der Waals surface area contributed by atoms with E-state index in [0.29, 0.717) is 34.9 Å². The maximum atomic E-state index is 11.8. The van der Waals surface area contributed by atoms with Crippen LogP contribution in [0.25, 0.3) is 0 Å². The van der Waals surface area contributed by atoms with E-state index in [2.05, 4.69) is 15.0 Å². The van der Waals surface area contributed by atoms with Crippen LogP contribution < -0.4 is 16.2 Å². The molecule has 0 atom stereocenters. The van der Waals surface area contributed by atoms with Crippen LogP contribution in [-0.2, 0) is 13.0 Å². The van der Waals surface area contributed by atoms with E-state index >= 15 is 0 Å². The molecular formula is C18H18ClN5O2. The van der Waals surface area contributed by atoms with Gasteiger partial charge in [-0.2, -0.15) is 0 Å². The van der Waals surface area contributed by atoms with E-state index in [1.807, 2.05) is 12.1 Å². The average Bonchev–Trinajstić information content (AvgIpc) is 2.64. The number of aromatic nitrogens is 3. The Balaban J connectivity index is 0.00000243. The van der Waals surface area contributed by atoms with Gasteiger partial charge >= 0.3 is 0 Å². The standard InChI is InChI=1S/C18H17N5O2.ClH/c19-9-13-8-17(23-11-22-13)25-16-5-1-4-14(18(20)24)15(16)7-12-3-2-6-21-10-12;/h1-6,8,10-11H,7,9,19H2,(H2,20,24);1H. The average molecular weight is 372 g/mol. The Labute approximate surface area is 156 Å². The minimum absolute atomic E-state index is 0. The topological polar surface area (TPSA) is 117 Å². The van der Waals surface area contributed by atoms with Crippen LogP contribution in [0.2, 0.25) is 0 Å². The molecular weight excluding hydrogens is 354 g/mol. The molecule has 1 aromatic carbocycles. The first-order chi connectivity index (χ1) is 12.2. The van der Waals surface area contributed by atoms with E-state index in [-0.39, 0.29) is 19.0 Å². The number of nitrogens with two attached hydrogens (primary N) is 2. The van der Waals surface area contributed by atoms with Gasteiger partial charge in [0.2, 0.25) is 11.8 Å². The number of pyridine rings is 1. The molecule has 0 spiro atoms. The Bertz CT molecular complexity index is 890. The second kappa shape index (κ2) is 8.89. The van der Waals surface area contributed by atoms with Gasteiger partial charge in [0, 0.05) is 42.6 Å². The lowest BCUT2D eigenvalue weighted by molar-refractivity contribution is 0.0999. The van der Waals surface area contributed by atoms with Crippen molar-refractivity contribution < 1.29 is 9.53 Å². The van der Waals surface area contributed by atoms with Crippen molar-refractivity contribution in [1.82, 2.24) is 15.0 Å². The van der Waals surface area contributed by atoms with Gasteiger partial charge in [-0.25, -0.2) is 9.97 Å². The first-order valence-corrected chi connectivity index (χ1v) is 7.67. The van der Waals surface area contributed by atoms with Gasteiger partial charge in [-0.1, -0.05) is 12.1 Å². The third-order valence-electron chi connectivity index (χ3n) is 3.62. The van der Waals surface area contributed by atoms with Gasteiger partial charge in [0.1, 0.15) is 12.1 Å².